The van der Waals surface area contributed by atoms with Crippen molar-refractivity contribution in [3.63, 3.8) is 0 Å². The van der Waals surface area contributed by atoms with Gasteiger partial charge in [0.25, 0.3) is 0 Å². The number of carboxylic acid groups (broad SMARTS) is 1. The molecule has 0 unspecified atom stereocenters. The molecule has 0 aromatic rings. The Balaban J connectivity index is 0.861. The Morgan fingerprint density at radius 2 is 0.990 bits per heavy atom. The van der Waals surface area contributed by atoms with Crippen molar-refractivity contribution in [2.45, 2.75) is 304 Å². The highest BCUT2D eigenvalue weighted by Gasteiger charge is 2.71. The molecule has 0 amide bonds. The van der Waals surface area contributed by atoms with Crippen LogP contribution in [0.1, 0.15) is 113 Å². The van der Waals surface area contributed by atoms with E-state index in [9.17, 15) is 102 Å². The number of fused-ring (bicyclic) bond motifs is 7. The van der Waals surface area contributed by atoms with Crippen molar-refractivity contribution in [3.8, 4) is 0 Å². The van der Waals surface area contributed by atoms with Gasteiger partial charge >= 0.3 is 5.97 Å². The van der Waals surface area contributed by atoms with Crippen LogP contribution in [0.25, 0.3) is 0 Å². The fraction of sp³-hybridized carbons (Fsp3) is 0.954. The van der Waals surface area contributed by atoms with Gasteiger partial charge in [-0.1, -0.05) is 60.1 Å². The molecule has 39 atom stereocenters. The van der Waals surface area contributed by atoms with E-state index in [1.54, 1.807) is 0 Å². The highest BCUT2D eigenvalue weighted by Crippen LogP contribution is 2.76. The van der Waals surface area contributed by atoms with Crippen LogP contribution in [0.5, 0.6) is 0 Å². The van der Waals surface area contributed by atoms with E-state index >= 15 is 0 Å². The van der Waals surface area contributed by atoms with E-state index < -0.39 is 239 Å². The van der Waals surface area contributed by atoms with Crippen LogP contribution in [-0.4, -0.2) is 326 Å². The molecular formula is C65H106O32. The summed E-state index contributed by atoms with van der Waals surface area (Å²) in [6, 6.07) is 0. The van der Waals surface area contributed by atoms with E-state index in [4.69, 9.17) is 56.8 Å². The molecule has 0 spiro atoms. The third kappa shape index (κ3) is 13.0. The third-order valence-corrected chi connectivity index (χ3v) is 25.5. The van der Waals surface area contributed by atoms with Gasteiger partial charge in [-0.15, -0.1) is 0 Å². The third-order valence-electron chi connectivity index (χ3n) is 25.5. The van der Waals surface area contributed by atoms with Crippen LogP contribution in [0, 0.1) is 50.2 Å². The van der Waals surface area contributed by atoms with Crippen molar-refractivity contribution in [3.05, 3.63) is 11.6 Å². The number of aliphatic hydroxyl groups is 18. The van der Waals surface area contributed by atoms with Gasteiger partial charge in [0.1, 0.15) is 128 Å². The topological polar surface area (TPSA) is 512 Å². The van der Waals surface area contributed by atoms with E-state index in [0.717, 1.165) is 12.8 Å². The highest BCUT2D eigenvalue weighted by molar-refractivity contribution is 5.73. The Kier molecular flexibility index (Phi) is 22.4. The molecule has 0 aromatic heterocycles. The second-order valence-electron chi connectivity index (χ2n) is 31.6. The van der Waals surface area contributed by atoms with Crippen LogP contribution in [0.15, 0.2) is 11.6 Å². The lowest BCUT2D eigenvalue weighted by molar-refractivity contribution is -0.410. The van der Waals surface area contributed by atoms with Gasteiger partial charge in [0, 0.05) is 10.8 Å². The lowest BCUT2D eigenvalue weighted by Crippen LogP contribution is -2.69. The molecule has 32 nitrogen and oxygen atoms in total. The Morgan fingerprint density at radius 3 is 1.58 bits per heavy atom. The molecule has 10 fully saturated rings. The first kappa shape index (κ1) is 76.1. The van der Waals surface area contributed by atoms with Gasteiger partial charge in [-0.05, 0) is 104 Å². The Bertz CT molecular complexity index is 2730. The molecule has 4 saturated carbocycles. The number of hydrogen-bond donors (Lipinski definition) is 19. The Morgan fingerprint density at radius 1 is 0.474 bits per heavy atom. The maximum absolute atomic E-state index is 12.9. The standard InChI is InChI=1S/C65H106O32/c1-24-35(71)40(76)45(81)54(87-24)97-52-48(93-55-46(82)41(77)37(73)28(19-66)88-55)39(75)30(21-68)90-59(52)96-51-44(80)43(79)49(53(84)85)94-58(51)91-33-12-13-62(5)31(63(33,6)23-69)11-14-65(8)32(62)10-9-25-26-17-60(2,3)18-34(61(26,4)15-16-64(25,65)7)92-57-50(36(72)27(70)22-86-57)95-56-47(83)42(78)38(74)29(20-67)89-56/h9,24,26-52,54-59,66-83H,10-23H2,1-8H3,(H,84,85)/t24-,26-,27-,28+,29+,30+,31+,32+,33-,34+,35-,36-,37+,38+,39-,40+,41-,42-,43-,44-,45+,46+,47+,48-,49-,50+,51+,52+,54-,55-,56-,57-,58+,59-,61+,62-,63+,64+,65+/m0/s1. The van der Waals surface area contributed by atoms with Gasteiger partial charge in [-0.2, -0.15) is 0 Å². The molecule has 0 radical (unpaired) electrons. The normalized spacial score (nSPS) is 55.5. The average molecular weight is 1400 g/mol. The second kappa shape index (κ2) is 28.5. The van der Waals surface area contributed by atoms with E-state index in [-0.39, 0.29) is 47.0 Å². The average Bonchev–Trinajstić information content (AvgIpc) is 0.675. The molecule has 5 aliphatic carbocycles. The number of carboxylic acids is 1. The van der Waals surface area contributed by atoms with Crippen molar-refractivity contribution in [1.82, 2.24) is 0 Å². The number of carbonyl (C=O) groups is 1. The van der Waals surface area contributed by atoms with E-state index in [2.05, 4.69) is 47.6 Å². The first-order chi connectivity index (χ1) is 45.5. The van der Waals surface area contributed by atoms with Crippen molar-refractivity contribution in [2.24, 2.45) is 50.2 Å². The minimum atomic E-state index is -2.24. The zero-order valence-corrected chi connectivity index (χ0v) is 55.9. The summed E-state index contributed by atoms with van der Waals surface area (Å²) >= 11 is 0. The molecule has 19 N–H and O–H groups in total. The quantitative estimate of drug-likeness (QED) is 0.0478. The van der Waals surface area contributed by atoms with Crippen LogP contribution >= 0.6 is 0 Å². The molecule has 0 aromatic carbocycles. The molecule has 11 aliphatic rings. The van der Waals surface area contributed by atoms with Crippen molar-refractivity contribution in [1.29, 1.82) is 0 Å². The summed E-state index contributed by atoms with van der Waals surface area (Å²) in [4.78, 5) is 12.9. The lowest BCUT2D eigenvalue weighted by atomic mass is 9.33. The van der Waals surface area contributed by atoms with Crippen LogP contribution < -0.4 is 0 Å². The maximum Gasteiger partial charge on any atom is 0.335 e. The number of aliphatic hydroxyl groups excluding tert-OH is 18. The fourth-order valence-electron chi connectivity index (χ4n) is 19.3. The summed E-state index contributed by atoms with van der Waals surface area (Å²) in [6.07, 6.45) is -46.2. The fourth-order valence-corrected chi connectivity index (χ4v) is 19.3. The van der Waals surface area contributed by atoms with Crippen LogP contribution in [-0.2, 0) is 61.6 Å². The molecule has 6 saturated heterocycles. The summed E-state index contributed by atoms with van der Waals surface area (Å²) < 4.78 is 74.0. The molecule has 6 aliphatic heterocycles. The molecule has 0 bridgehead atoms. The van der Waals surface area contributed by atoms with Gasteiger partial charge in [0.2, 0.25) is 0 Å². The predicted molar refractivity (Wildman–Crippen MR) is 322 cm³/mol. The summed E-state index contributed by atoms with van der Waals surface area (Å²) in [7, 11) is 0. The predicted octanol–water partition coefficient (Wildman–Crippen LogP) is -5.18. The summed E-state index contributed by atoms with van der Waals surface area (Å²) in [6.45, 7) is 13.4. The van der Waals surface area contributed by atoms with Crippen LogP contribution in [0.3, 0.4) is 0 Å². The van der Waals surface area contributed by atoms with E-state index in [1.807, 2.05) is 6.92 Å². The molecule has 97 heavy (non-hydrogen) atoms. The summed E-state index contributed by atoms with van der Waals surface area (Å²) in [5, 5.41) is 208. The summed E-state index contributed by atoms with van der Waals surface area (Å²) in [5.41, 5.74) is -1.83. The molecule has 11 rings (SSSR count). The SMILES string of the molecule is C[C@@H]1O[C@@H](O[C@H]2[C@H](O[C@H]3[C@H](O[C@H]4CC[C@@]5(C)[C@@H](CC[C@]6(C)[C@@H]5CC=C5[C@@H]7CC(C)(C)C[C@@H](O[C@@H]8OC[C@H](O)[C@H](O)[C@H]8O[C@@H]8O[C@H](CO)[C@@H](O)[C@H](O)[C@H]8O)[C@]7(C)CC[C@]56C)[C@@]4(C)CO)O[C@H](C(=O)O)[C@@H](O)[C@@H]3O)O[C@H](CO)[C@H](O)[C@@H]2O[C@@H]2O[C@H](CO)[C@@H](O)[C@H](O)[C@H]2O)[C@H](O)[C@H](O)[C@H]1O. The van der Waals surface area contributed by atoms with Gasteiger partial charge < -0.3 is 154 Å². The van der Waals surface area contributed by atoms with E-state index in [0.29, 0.717) is 38.5 Å². The minimum Gasteiger partial charge on any atom is -0.479 e. The maximum atomic E-state index is 12.9. The monoisotopic (exact) mass is 1400 g/mol. The first-order valence-electron chi connectivity index (χ1n) is 34.2. The van der Waals surface area contributed by atoms with Gasteiger partial charge in [-0.25, -0.2) is 4.79 Å². The van der Waals surface area contributed by atoms with E-state index in [1.165, 1.54) is 12.5 Å². The number of aliphatic carboxylic acids is 1. The number of allylic oxidation sites excluding steroid dienone is 2. The summed E-state index contributed by atoms with van der Waals surface area (Å²) in [5.74, 6) is -1.97. The minimum absolute atomic E-state index is 0.0210. The van der Waals surface area contributed by atoms with Gasteiger partial charge in [0.15, 0.2) is 43.8 Å². The van der Waals surface area contributed by atoms with Crippen molar-refractivity contribution < 1.29 is 159 Å². The number of hydrogen-bond acceptors (Lipinski definition) is 31. The zero-order valence-electron chi connectivity index (χ0n) is 55.9. The van der Waals surface area contributed by atoms with Crippen LogP contribution in [0.4, 0.5) is 0 Å². The first-order valence-corrected chi connectivity index (χ1v) is 34.2. The van der Waals surface area contributed by atoms with Gasteiger partial charge in [0.05, 0.1) is 51.3 Å². The number of ether oxygens (including phenoxy) is 12. The number of rotatable bonds is 17. The van der Waals surface area contributed by atoms with Crippen LogP contribution in [0.2, 0.25) is 0 Å². The molecule has 32 heteroatoms. The smallest absolute Gasteiger partial charge is 0.335 e. The zero-order chi connectivity index (χ0) is 70.9. The second-order valence-corrected chi connectivity index (χ2v) is 31.6. The van der Waals surface area contributed by atoms with Crippen molar-refractivity contribution in [2.75, 3.05) is 33.0 Å². The van der Waals surface area contributed by atoms with Crippen molar-refractivity contribution >= 4 is 5.97 Å². The highest BCUT2D eigenvalue weighted by atomic mass is 16.8. The molecule has 558 valence electrons. The molecule has 6 heterocycles. The Labute approximate surface area is 561 Å². The Hall–Kier alpha value is -1.99. The molecular weight excluding hydrogens is 1290 g/mol. The van der Waals surface area contributed by atoms with Gasteiger partial charge in [-0.3, -0.25) is 0 Å². The lowest BCUT2D eigenvalue weighted by Gasteiger charge is -2.72. The largest absolute Gasteiger partial charge is 0.479 e.